The molecule has 1 aromatic heterocycles. The largest absolute Gasteiger partial charge is 0.471 e. The normalized spacial score (nSPS) is 19.1. The summed E-state index contributed by atoms with van der Waals surface area (Å²) >= 11 is 0. The zero-order valence-electron chi connectivity index (χ0n) is 13.5. The quantitative estimate of drug-likeness (QED) is 0.493. The molecule has 27 heavy (non-hydrogen) atoms. The van der Waals surface area contributed by atoms with Crippen LogP contribution in [-0.4, -0.2) is 33.8 Å². The summed E-state index contributed by atoms with van der Waals surface area (Å²) in [6, 6.07) is 3.36. The molecule has 1 unspecified atom stereocenters. The van der Waals surface area contributed by atoms with Gasteiger partial charge in [0.15, 0.2) is 0 Å². The second-order valence-electron chi connectivity index (χ2n) is 6.01. The zero-order valence-corrected chi connectivity index (χ0v) is 13.5. The van der Waals surface area contributed by atoms with Crippen molar-refractivity contribution in [2.75, 3.05) is 0 Å². The summed E-state index contributed by atoms with van der Waals surface area (Å²) in [6.45, 7) is 0. The SMILES string of the molecule is O=C(NC1CCCC1(F)F)C(=O)c1ccc(-c2noc(C(F)(F)F)n2)cc1. The van der Waals surface area contributed by atoms with Gasteiger partial charge < -0.3 is 9.84 Å². The van der Waals surface area contributed by atoms with Crippen molar-refractivity contribution in [3.8, 4) is 11.4 Å². The van der Waals surface area contributed by atoms with Crippen molar-refractivity contribution < 1.29 is 36.1 Å². The number of carbonyl (C=O) groups is 2. The van der Waals surface area contributed by atoms with Gasteiger partial charge in [-0.3, -0.25) is 9.59 Å². The third kappa shape index (κ3) is 3.96. The zero-order chi connectivity index (χ0) is 19.8. The van der Waals surface area contributed by atoms with Crippen LogP contribution in [0.5, 0.6) is 0 Å². The maximum absolute atomic E-state index is 13.5. The van der Waals surface area contributed by atoms with E-state index in [2.05, 4.69) is 14.7 Å². The van der Waals surface area contributed by atoms with Gasteiger partial charge in [-0.25, -0.2) is 8.78 Å². The number of aromatic nitrogens is 2. The molecule has 1 aromatic carbocycles. The minimum absolute atomic E-state index is 0.0737. The summed E-state index contributed by atoms with van der Waals surface area (Å²) < 4.78 is 68.5. The molecule has 0 saturated heterocycles. The van der Waals surface area contributed by atoms with Crippen molar-refractivity contribution in [3.63, 3.8) is 0 Å². The molecule has 0 radical (unpaired) electrons. The lowest BCUT2D eigenvalue weighted by molar-refractivity contribution is -0.159. The van der Waals surface area contributed by atoms with Crippen LogP contribution in [0.2, 0.25) is 0 Å². The van der Waals surface area contributed by atoms with E-state index in [0.29, 0.717) is 0 Å². The van der Waals surface area contributed by atoms with E-state index in [0.717, 1.165) is 12.1 Å². The first-order chi connectivity index (χ1) is 12.6. The fourth-order valence-corrected chi connectivity index (χ4v) is 2.69. The number of alkyl halides is 5. The van der Waals surface area contributed by atoms with E-state index in [-0.39, 0.29) is 36.2 Å². The van der Waals surface area contributed by atoms with Gasteiger partial charge in [0.2, 0.25) is 11.6 Å². The highest BCUT2D eigenvalue weighted by atomic mass is 19.4. The van der Waals surface area contributed by atoms with Crippen molar-refractivity contribution in [1.29, 1.82) is 0 Å². The van der Waals surface area contributed by atoms with Crippen LogP contribution >= 0.6 is 0 Å². The Bertz CT molecular complexity index is 861. The maximum Gasteiger partial charge on any atom is 0.471 e. The van der Waals surface area contributed by atoms with Crippen LogP contribution in [0.3, 0.4) is 0 Å². The van der Waals surface area contributed by atoms with Gasteiger partial charge in [0.1, 0.15) is 0 Å². The number of Topliss-reactive ketones (excluding diaryl/α,β-unsaturated/α-hetero) is 1. The molecule has 1 aliphatic rings. The van der Waals surface area contributed by atoms with Gasteiger partial charge in [0, 0.05) is 17.5 Å². The molecule has 1 saturated carbocycles. The molecule has 11 heteroatoms. The number of nitrogens with zero attached hydrogens (tertiary/aromatic N) is 2. The van der Waals surface area contributed by atoms with Crippen molar-refractivity contribution in [1.82, 2.24) is 15.5 Å². The standard InChI is InChI=1S/C16H12F5N3O3/c17-15(18)7-1-2-10(15)22-13(26)11(25)8-3-5-9(6-4-8)12-23-14(27-24-12)16(19,20)21/h3-6,10H,1-2,7H2,(H,22,26). The molecule has 1 amide bonds. The van der Waals surface area contributed by atoms with Gasteiger partial charge in [-0.05, 0) is 12.8 Å². The molecule has 1 N–H and O–H groups in total. The number of halogens is 5. The van der Waals surface area contributed by atoms with E-state index >= 15 is 0 Å². The summed E-state index contributed by atoms with van der Waals surface area (Å²) in [4.78, 5) is 27.2. The molecule has 3 rings (SSSR count). The molecule has 1 heterocycles. The smallest absolute Gasteiger partial charge is 0.340 e. The number of hydrogen-bond acceptors (Lipinski definition) is 5. The molecule has 144 valence electrons. The van der Waals surface area contributed by atoms with Crippen LogP contribution in [0.4, 0.5) is 22.0 Å². The number of hydrogen-bond donors (Lipinski definition) is 1. The number of benzene rings is 1. The van der Waals surface area contributed by atoms with Gasteiger partial charge in [-0.2, -0.15) is 18.2 Å². The lowest BCUT2D eigenvalue weighted by Gasteiger charge is -2.19. The Morgan fingerprint density at radius 3 is 2.37 bits per heavy atom. The predicted molar refractivity (Wildman–Crippen MR) is 79.8 cm³/mol. The van der Waals surface area contributed by atoms with Crippen LogP contribution in [0.1, 0.15) is 35.5 Å². The Morgan fingerprint density at radius 2 is 1.85 bits per heavy atom. The third-order valence-corrected chi connectivity index (χ3v) is 4.10. The minimum atomic E-state index is -4.79. The van der Waals surface area contributed by atoms with Gasteiger partial charge in [0.05, 0.1) is 6.04 Å². The van der Waals surface area contributed by atoms with E-state index < -0.39 is 35.7 Å². The third-order valence-electron chi connectivity index (χ3n) is 4.10. The van der Waals surface area contributed by atoms with E-state index in [1.165, 1.54) is 12.1 Å². The number of nitrogens with one attached hydrogen (secondary N) is 1. The maximum atomic E-state index is 13.5. The minimum Gasteiger partial charge on any atom is -0.340 e. The van der Waals surface area contributed by atoms with Gasteiger partial charge in [-0.1, -0.05) is 29.4 Å². The van der Waals surface area contributed by atoms with Crippen molar-refractivity contribution in [2.24, 2.45) is 0 Å². The Morgan fingerprint density at radius 1 is 1.19 bits per heavy atom. The summed E-state index contributed by atoms with van der Waals surface area (Å²) in [5, 5.41) is 5.22. The predicted octanol–water partition coefficient (Wildman–Crippen LogP) is 3.24. The van der Waals surface area contributed by atoms with Crippen LogP contribution in [0.25, 0.3) is 11.4 Å². The molecule has 0 aliphatic heterocycles. The summed E-state index contributed by atoms with van der Waals surface area (Å²) in [7, 11) is 0. The number of ketones is 1. The highest BCUT2D eigenvalue weighted by molar-refractivity contribution is 6.42. The Hall–Kier alpha value is -2.85. The molecule has 0 spiro atoms. The molecular weight excluding hydrogens is 377 g/mol. The van der Waals surface area contributed by atoms with Gasteiger partial charge in [-0.15, -0.1) is 0 Å². The topological polar surface area (TPSA) is 85.1 Å². The van der Waals surface area contributed by atoms with Crippen molar-refractivity contribution in [3.05, 3.63) is 35.7 Å². The van der Waals surface area contributed by atoms with Crippen LogP contribution < -0.4 is 5.32 Å². The van der Waals surface area contributed by atoms with E-state index in [1.807, 2.05) is 5.32 Å². The monoisotopic (exact) mass is 389 g/mol. The molecule has 1 fully saturated rings. The molecule has 1 atom stereocenters. The molecule has 2 aromatic rings. The molecule has 0 bridgehead atoms. The first-order valence-electron chi connectivity index (χ1n) is 7.82. The second kappa shape index (κ2) is 6.71. The van der Waals surface area contributed by atoms with Crippen LogP contribution in [0.15, 0.2) is 28.8 Å². The highest BCUT2D eigenvalue weighted by Crippen LogP contribution is 2.35. The van der Waals surface area contributed by atoms with E-state index in [9.17, 15) is 31.5 Å². The lowest BCUT2D eigenvalue weighted by atomic mass is 10.1. The highest BCUT2D eigenvalue weighted by Gasteiger charge is 2.45. The summed E-state index contributed by atoms with van der Waals surface area (Å²) in [6.07, 6.45) is -4.83. The van der Waals surface area contributed by atoms with Crippen LogP contribution in [0, 0.1) is 0 Å². The van der Waals surface area contributed by atoms with Crippen LogP contribution in [-0.2, 0) is 11.0 Å². The number of rotatable bonds is 4. The van der Waals surface area contributed by atoms with E-state index in [4.69, 9.17) is 0 Å². The van der Waals surface area contributed by atoms with Crippen molar-refractivity contribution in [2.45, 2.75) is 37.4 Å². The molecular formula is C16H12F5N3O3. The fourth-order valence-electron chi connectivity index (χ4n) is 2.69. The van der Waals surface area contributed by atoms with Gasteiger partial charge in [0.25, 0.3) is 11.8 Å². The summed E-state index contributed by atoms with van der Waals surface area (Å²) in [5.41, 5.74) is 0.00522. The number of amides is 1. The Kier molecular flexibility index (Phi) is 4.70. The average Bonchev–Trinajstić information content (AvgIpc) is 3.21. The first-order valence-corrected chi connectivity index (χ1v) is 7.82. The molecule has 6 nitrogen and oxygen atoms in total. The molecule has 1 aliphatic carbocycles. The lowest BCUT2D eigenvalue weighted by Crippen LogP contribution is -2.46. The number of carbonyl (C=O) groups excluding carboxylic acids is 2. The van der Waals surface area contributed by atoms with E-state index in [1.54, 1.807) is 0 Å². The van der Waals surface area contributed by atoms with Crippen molar-refractivity contribution >= 4 is 11.7 Å². The van der Waals surface area contributed by atoms with Gasteiger partial charge >= 0.3 is 12.1 Å². The Labute approximate surface area is 148 Å². The summed E-state index contributed by atoms with van der Waals surface area (Å²) in [5.74, 6) is -7.14. The average molecular weight is 389 g/mol. The first kappa shape index (κ1) is 18.9. The second-order valence-corrected chi connectivity index (χ2v) is 6.01. The fraction of sp³-hybridized carbons (Fsp3) is 0.375. The Balaban J connectivity index is 1.70.